The molecule has 1 fully saturated rings. The van der Waals surface area contributed by atoms with E-state index in [0.717, 1.165) is 29.6 Å². The second kappa shape index (κ2) is 7.21. The predicted molar refractivity (Wildman–Crippen MR) is 109 cm³/mol. The lowest BCUT2D eigenvalue weighted by Gasteiger charge is -2.18. The maximum absolute atomic E-state index is 11.3. The maximum atomic E-state index is 11.3. The van der Waals surface area contributed by atoms with Gasteiger partial charge in [0.1, 0.15) is 5.69 Å². The number of anilines is 2. The number of likely N-dealkylation sites (tertiary alicyclic amines) is 1. The Morgan fingerprint density at radius 3 is 2.93 bits per heavy atom. The Hall–Kier alpha value is -2.57. The molecule has 2 N–H and O–H groups in total. The van der Waals surface area contributed by atoms with Crippen LogP contribution in [-0.2, 0) is 6.42 Å². The van der Waals surface area contributed by atoms with Crippen LogP contribution in [0.3, 0.4) is 0 Å². The van der Waals surface area contributed by atoms with E-state index in [1.807, 2.05) is 18.2 Å². The standard InChI is InChI=1S/C20H21ClN4O2/c1-24-8-2-3-16(24)9-13-12-22-18-6-5-15(11-17(13)18)23-19-10-14(21)4-7-20(19)25(26)27/h4-7,10-12,16,22-23H,2-3,8-9H2,1H3. The molecule has 140 valence electrons. The summed E-state index contributed by atoms with van der Waals surface area (Å²) in [5.41, 5.74) is 3.53. The lowest BCUT2D eigenvalue weighted by atomic mass is 10.0. The van der Waals surface area contributed by atoms with E-state index >= 15 is 0 Å². The minimum absolute atomic E-state index is 0.00127. The van der Waals surface area contributed by atoms with Crippen LogP contribution in [0.2, 0.25) is 5.02 Å². The fourth-order valence-electron chi connectivity index (χ4n) is 3.84. The lowest BCUT2D eigenvalue weighted by Crippen LogP contribution is -2.26. The largest absolute Gasteiger partial charge is 0.361 e. The molecule has 4 rings (SSSR count). The molecule has 2 aromatic carbocycles. The SMILES string of the molecule is CN1CCCC1Cc1c[nH]c2ccc(Nc3cc(Cl)ccc3[N+](=O)[O-])cc12. The summed E-state index contributed by atoms with van der Waals surface area (Å²) >= 11 is 6.03. The highest BCUT2D eigenvalue weighted by Crippen LogP contribution is 2.32. The van der Waals surface area contributed by atoms with Crippen LogP contribution >= 0.6 is 11.6 Å². The van der Waals surface area contributed by atoms with Crippen LogP contribution in [0.15, 0.2) is 42.6 Å². The van der Waals surface area contributed by atoms with E-state index in [1.54, 1.807) is 6.07 Å². The predicted octanol–water partition coefficient (Wildman–Crippen LogP) is 5.11. The molecule has 0 radical (unpaired) electrons. The molecule has 27 heavy (non-hydrogen) atoms. The van der Waals surface area contributed by atoms with E-state index in [9.17, 15) is 10.1 Å². The molecule has 1 aromatic heterocycles. The van der Waals surface area contributed by atoms with Crippen LogP contribution in [0.1, 0.15) is 18.4 Å². The van der Waals surface area contributed by atoms with Crippen LogP contribution in [0.25, 0.3) is 10.9 Å². The van der Waals surface area contributed by atoms with Crippen molar-refractivity contribution in [2.24, 2.45) is 0 Å². The van der Waals surface area contributed by atoms with Gasteiger partial charge < -0.3 is 15.2 Å². The van der Waals surface area contributed by atoms with E-state index in [2.05, 4.69) is 28.4 Å². The zero-order valence-corrected chi connectivity index (χ0v) is 15.8. The molecule has 3 aromatic rings. The van der Waals surface area contributed by atoms with Crippen molar-refractivity contribution in [1.82, 2.24) is 9.88 Å². The third-order valence-electron chi connectivity index (χ3n) is 5.33. The van der Waals surface area contributed by atoms with Gasteiger partial charge in [-0.15, -0.1) is 0 Å². The number of halogens is 1. The zero-order valence-electron chi connectivity index (χ0n) is 15.0. The number of rotatable bonds is 5. The quantitative estimate of drug-likeness (QED) is 0.473. The third kappa shape index (κ3) is 3.63. The number of likely N-dealkylation sites (N-methyl/N-ethyl adjacent to an activating group) is 1. The Kier molecular flexibility index (Phi) is 4.76. The van der Waals surface area contributed by atoms with Crippen molar-refractivity contribution in [3.63, 3.8) is 0 Å². The molecular weight excluding hydrogens is 364 g/mol. The summed E-state index contributed by atoms with van der Waals surface area (Å²) in [5, 5.41) is 16.0. The monoisotopic (exact) mass is 384 g/mol. The van der Waals surface area contributed by atoms with Crippen molar-refractivity contribution in [2.75, 3.05) is 18.9 Å². The molecule has 7 heteroatoms. The molecule has 0 aliphatic carbocycles. The van der Waals surface area contributed by atoms with Gasteiger partial charge in [0, 0.05) is 39.9 Å². The second-order valence-electron chi connectivity index (χ2n) is 7.10. The Labute approximate surface area is 162 Å². The van der Waals surface area contributed by atoms with Gasteiger partial charge in [-0.3, -0.25) is 10.1 Å². The number of nitro benzene ring substituents is 1. The number of hydrogen-bond donors (Lipinski definition) is 2. The molecule has 0 saturated carbocycles. The molecule has 1 unspecified atom stereocenters. The summed E-state index contributed by atoms with van der Waals surface area (Å²) in [6.07, 6.45) is 5.53. The van der Waals surface area contributed by atoms with E-state index in [-0.39, 0.29) is 5.69 Å². The van der Waals surface area contributed by atoms with Gasteiger partial charge in [-0.25, -0.2) is 0 Å². The molecule has 1 saturated heterocycles. The van der Waals surface area contributed by atoms with Crippen LogP contribution < -0.4 is 5.32 Å². The summed E-state index contributed by atoms with van der Waals surface area (Å²) in [6, 6.07) is 11.0. The smallest absolute Gasteiger partial charge is 0.292 e. The Morgan fingerprint density at radius 2 is 2.19 bits per heavy atom. The first-order valence-corrected chi connectivity index (χ1v) is 9.40. The van der Waals surface area contributed by atoms with Crippen LogP contribution in [0.5, 0.6) is 0 Å². The highest BCUT2D eigenvalue weighted by Gasteiger charge is 2.22. The number of aromatic amines is 1. The molecule has 1 aliphatic heterocycles. The van der Waals surface area contributed by atoms with Gasteiger partial charge >= 0.3 is 0 Å². The summed E-state index contributed by atoms with van der Waals surface area (Å²) < 4.78 is 0. The lowest BCUT2D eigenvalue weighted by molar-refractivity contribution is -0.383. The number of fused-ring (bicyclic) bond motifs is 1. The van der Waals surface area contributed by atoms with E-state index in [4.69, 9.17) is 11.6 Å². The summed E-state index contributed by atoms with van der Waals surface area (Å²) in [5.74, 6) is 0. The van der Waals surface area contributed by atoms with Gasteiger partial charge in [-0.1, -0.05) is 11.6 Å². The van der Waals surface area contributed by atoms with Gasteiger partial charge in [-0.05, 0) is 68.8 Å². The number of hydrogen-bond acceptors (Lipinski definition) is 4. The van der Waals surface area contributed by atoms with Crippen molar-refractivity contribution in [3.8, 4) is 0 Å². The fraction of sp³-hybridized carbons (Fsp3) is 0.300. The topological polar surface area (TPSA) is 74.2 Å². The van der Waals surface area contributed by atoms with Crippen LogP contribution in [0.4, 0.5) is 17.1 Å². The fourth-order valence-corrected chi connectivity index (χ4v) is 4.01. The average molecular weight is 385 g/mol. The minimum atomic E-state index is -0.408. The van der Waals surface area contributed by atoms with Gasteiger partial charge in [0.2, 0.25) is 0 Å². The number of nitrogens with one attached hydrogen (secondary N) is 2. The molecule has 0 amide bonds. The molecule has 2 heterocycles. The van der Waals surface area contributed by atoms with Gasteiger partial charge in [-0.2, -0.15) is 0 Å². The first kappa shape index (κ1) is 17.8. The number of nitrogens with zero attached hydrogens (tertiary/aromatic N) is 2. The number of H-pyrrole nitrogens is 1. The van der Waals surface area contributed by atoms with Gasteiger partial charge in [0.25, 0.3) is 5.69 Å². The molecule has 1 aliphatic rings. The number of nitro groups is 1. The van der Waals surface area contributed by atoms with E-state index in [1.165, 1.54) is 30.5 Å². The normalized spacial score (nSPS) is 17.5. The first-order valence-electron chi connectivity index (χ1n) is 9.02. The van der Waals surface area contributed by atoms with Crippen molar-refractivity contribution >= 4 is 39.6 Å². The summed E-state index contributed by atoms with van der Waals surface area (Å²) in [4.78, 5) is 16.6. The molecular formula is C20H21ClN4O2. The van der Waals surface area contributed by atoms with Crippen molar-refractivity contribution in [2.45, 2.75) is 25.3 Å². The van der Waals surface area contributed by atoms with Crippen LogP contribution in [-0.4, -0.2) is 34.4 Å². The highest BCUT2D eigenvalue weighted by molar-refractivity contribution is 6.31. The summed E-state index contributed by atoms with van der Waals surface area (Å²) in [6.45, 7) is 1.15. The van der Waals surface area contributed by atoms with Crippen molar-refractivity contribution in [1.29, 1.82) is 0 Å². The zero-order chi connectivity index (χ0) is 19.0. The third-order valence-corrected chi connectivity index (χ3v) is 5.56. The van der Waals surface area contributed by atoms with Crippen molar-refractivity contribution in [3.05, 3.63) is 63.3 Å². The Bertz CT molecular complexity index is 1000. The van der Waals surface area contributed by atoms with E-state index in [0.29, 0.717) is 16.8 Å². The maximum Gasteiger partial charge on any atom is 0.292 e. The van der Waals surface area contributed by atoms with Gasteiger partial charge in [0.15, 0.2) is 0 Å². The summed E-state index contributed by atoms with van der Waals surface area (Å²) in [7, 11) is 2.18. The van der Waals surface area contributed by atoms with Gasteiger partial charge in [0.05, 0.1) is 4.92 Å². The Morgan fingerprint density at radius 1 is 1.33 bits per heavy atom. The van der Waals surface area contributed by atoms with Crippen molar-refractivity contribution < 1.29 is 4.92 Å². The van der Waals surface area contributed by atoms with E-state index < -0.39 is 4.92 Å². The molecule has 1 atom stereocenters. The Balaban J connectivity index is 1.65. The molecule has 6 nitrogen and oxygen atoms in total. The first-order chi connectivity index (χ1) is 13.0. The highest BCUT2D eigenvalue weighted by atomic mass is 35.5. The number of aromatic nitrogens is 1. The number of benzene rings is 2. The average Bonchev–Trinajstić information content (AvgIpc) is 3.22. The molecule has 0 spiro atoms. The molecule has 0 bridgehead atoms. The second-order valence-corrected chi connectivity index (χ2v) is 7.54. The minimum Gasteiger partial charge on any atom is -0.361 e. The van der Waals surface area contributed by atoms with Crippen LogP contribution in [0, 0.1) is 10.1 Å².